The first kappa shape index (κ1) is 20.3. The number of carbonyl (C=O) groups excluding carboxylic acids is 1. The van der Waals surface area contributed by atoms with Crippen LogP contribution >= 0.6 is 22.9 Å². The Kier molecular flexibility index (Phi) is 5.92. The van der Waals surface area contributed by atoms with Gasteiger partial charge in [0.15, 0.2) is 0 Å². The third kappa shape index (κ3) is 4.13. The minimum atomic E-state index is -0.225. The van der Waals surface area contributed by atoms with Gasteiger partial charge < -0.3 is 5.32 Å². The number of rotatable bonds is 6. The Morgan fingerprint density at radius 2 is 2.07 bits per heavy atom. The molecule has 0 saturated carbocycles. The van der Waals surface area contributed by atoms with Crippen LogP contribution in [0.3, 0.4) is 0 Å². The number of hydrogen-bond donors (Lipinski definition) is 1. The first-order valence-corrected chi connectivity index (χ1v) is 10.8. The summed E-state index contributed by atoms with van der Waals surface area (Å²) < 4.78 is 1.76. The third-order valence-corrected chi connectivity index (χ3v) is 5.98. The van der Waals surface area contributed by atoms with Gasteiger partial charge in [-0.3, -0.25) is 9.78 Å². The van der Waals surface area contributed by atoms with Crippen molar-refractivity contribution in [1.29, 1.82) is 0 Å². The number of aromatic nitrogens is 4. The van der Waals surface area contributed by atoms with Gasteiger partial charge in [-0.05, 0) is 43.7 Å². The lowest BCUT2D eigenvalue weighted by atomic mass is 10.1. The molecule has 6 nitrogen and oxygen atoms in total. The summed E-state index contributed by atoms with van der Waals surface area (Å²) in [5.41, 5.74) is 4.09. The smallest absolute Gasteiger partial charge is 0.255 e. The number of benzene rings is 1. The van der Waals surface area contributed by atoms with Gasteiger partial charge in [0.1, 0.15) is 5.01 Å². The molecule has 0 aliphatic rings. The Morgan fingerprint density at radius 3 is 2.80 bits per heavy atom. The van der Waals surface area contributed by atoms with Crippen LogP contribution in [-0.4, -0.2) is 25.7 Å². The fourth-order valence-corrected chi connectivity index (χ4v) is 4.23. The molecule has 3 aromatic heterocycles. The largest absolute Gasteiger partial charge is 0.343 e. The molecule has 1 N–H and O–H groups in total. The van der Waals surface area contributed by atoms with E-state index < -0.39 is 0 Å². The molecule has 0 spiro atoms. The van der Waals surface area contributed by atoms with E-state index in [1.165, 1.54) is 11.3 Å². The number of hydrogen-bond acceptors (Lipinski definition) is 5. The number of carbonyl (C=O) groups is 1. The first-order valence-electron chi connectivity index (χ1n) is 9.56. The molecule has 1 aromatic carbocycles. The van der Waals surface area contributed by atoms with E-state index in [0.29, 0.717) is 17.0 Å². The van der Waals surface area contributed by atoms with E-state index >= 15 is 0 Å². The summed E-state index contributed by atoms with van der Waals surface area (Å²) in [6.07, 6.45) is 5.74. The van der Waals surface area contributed by atoms with Gasteiger partial charge in [0.25, 0.3) is 5.91 Å². The quantitative estimate of drug-likeness (QED) is 0.455. The zero-order valence-corrected chi connectivity index (χ0v) is 18.1. The molecule has 4 rings (SSSR count). The van der Waals surface area contributed by atoms with Gasteiger partial charge in [0, 0.05) is 28.4 Å². The molecule has 0 aliphatic heterocycles. The van der Waals surface area contributed by atoms with Gasteiger partial charge in [-0.15, -0.1) is 11.3 Å². The molecule has 0 saturated heterocycles. The predicted molar refractivity (Wildman–Crippen MR) is 119 cm³/mol. The van der Waals surface area contributed by atoms with E-state index in [1.54, 1.807) is 23.3 Å². The summed E-state index contributed by atoms with van der Waals surface area (Å²) in [7, 11) is 0. The molecule has 0 bridgehead atoms. The maximum absolute atomic E-state index is 13.0. The van der Waals surface area contributed by atoms with Crippen LogP contribution in [0.5, 0.6) is 0 Å². The lowest BCUT2D eigenvalue weighted by Gasteiger charge is -2.12. The highest BCUT2D eigenvalue weighted by Crippen LogP contribution is 2.26. The van der Waals surface area contributed by atoms with Crippen LogP contribution in [0.4, 0.5) is 0 Å². The molecule has 0 aliphatic carbocycles. The molecule has 0 radical (unpaired) electrons. The summed E-state index contributed by atoms with van der Waals surface area (Å²) in [6.45, 7) is 3.93. The van der Waals surface area contributed by atoms with Crippen LogP contribution in [0.1, 0.15) is 40.9 Å². The van der Waals surface area contributed by atoms with E-state index in [2.05, 4.69) is 20.4 Å². The molecule has 3 heterocycles. The van der Waals surface area contributed by atoms with Crippen molar-refractivity contribution >= 4 is 28.8 Å². The van der Waals surface area contributed by atoms with Crippen LogP contribution in [0.25, 0.3) is 16.9 Å². The zero-order valence-electron chi connectivity index (χ0n) is 16.5. The fraction of sp³-hybridized carbons (Fsp3) is 0.182. The summed E-state index contributed by atoms with van der Waals surface area (Å²) in [4.78, 5) is 21.7. The van der Waals surface area contributed by atoms with Gasteiger partial charge in [-0.25, -0.2) is 9.67 Å². The van der Waals surface area contributed by atoms with Crippen LogP contribution < -0.4 is 5.32 Å². The van der Waals surface area contributed by atoms with Crippen molar-refractivity contribution < 1.29 is 4.79 Å². The molecule has 152 valence electrons. The standard InChI is InChI=1S/C22H20ClN5OS/c1-3-20-18(12-25-28(20)17-6-4-5-16(23)11-17)21(29)26-14(2)22-27-19(13-30-22)15-7-9-24-10-8-15/h4-14H,3H2,1-2H3,(H,26,29). The lowest BCUT2D eigenvalue weighted by molar-refractivity contribution is 0.0939. The van der Waals surface area contributed by atoms with Gasteiger partial charge >= 0.3 is 0 Å². The second-order valence-electron chi connectivity index (χ2n) is 6.75. The van der Waals surface area contributed by atoms with Crippen molar-refractivity contribution in [2.45, 2.75) is 26.3 Å². The highest BCUT2D eigenvalue weighted by molar-refractivity contribution is 7.10. The molecule has 0 fully saturated rings. The second-order valence-corrected chi connectivity index (χ2v) is 8.08. The predicted octanol–water partition coefficient (Wildman–Crippen LogP) is 5.10. The topological polar surface area (TPSA) is 72.7 Å². The van der Waals surface area contributed by atoms with Crippen molar-refractivity contribution in [3.63, 3.8) is 0 Å². The number of pyridine rings is 1. The van der Waals surface area contributed by atoms with Gasteiger partial charge in [0.2, 0.25) is 0 Å². The SMILES string of the molecule is CCc1c(C(=O)NC(C)c2nc(-c3ccncc3)cs2)cnn1-c1cccc(Cl)c1. The normalized spacial score (nSPS) is 12.0. The minimum absolute atomic E-state index is 0.173. The number of nitrogens with one attached hydrogen (secondary N) is 1. The summed E-state index contributed by atoms with van der Waals surface area (Å²) in [5, 5.41) is 10.9. The Hall–Kier alpha value is -3.03. The van der Waals surface area contributed by atoms with Crippen molar-refractivity contribution in [2.24, 2.45) is 0 Å². The highest BCUT2D eigenvalue weighted by Gasteiger charge is 2.20. The number of thiazole rings is 1. The van der Waals surface area contributed by atoms with E-state index in [0.717, 1.165) is 27.6 Å². The molecule has 1 atom stereocenters. The third-order valence-electron chi connectivity index (χ3n) is 4.72. The number of amides is 1. The summed E-state index contributed by atoms with van der Waals surface area (Å²) in [5.74, 6) is -0.173. The van der Waals surface area contributed by atoms with Crippen LogP contribution in [-0.2, 0) is 6.42 Å². The maximum atomic E-state index is 13.0. The Balaban J connectivity index is 1.54. The maximum Gasteiger partial charge on any atom is 0.255 e. The average Bonchev–Trinajstić information content (AvgIpc) is 3.42. The minimum Gasteiger partial charge on any atom is -0.343 e. The van der Waals surface area contributed by atoms with Gasteiger partial charge in [0.05, 0.1) is 34.9 Å². The molecule has 1 unspecified atom stereocenters. The first-order chi connectivity index (χ1) is 14.6. The Morgan fingerprint density at radius 1 is 1.27 bits per heavy atom. The summed E-state index contributed by atoms with van der Waals surface area (Å²) in [6, 6.07) is 11.0. The number of halogens is 1. The zero-order chi connectivity index (χ0) is 21.1. The van der Waals surface area contributed by atoms with Crippen molar-refractivity contribution in [3.05, 3.63) is 81.7 Å². The highest BCUT2D eigenvalue weighted by atomic mass is 35.5. The molecule has 4 aromatic rings. The van der Waals surface area contributed by atoms with E-state index in [-0.39, 0.29) is 11.9 Å². The average molecular weight is 438 g/mol. The van der Waals surface area contributed by atoms with Crippen LogP contribution in [0, 0.1) is 0 Å². The van der Waals surface area contributed by atoms with Crippen molar-refractivity contribution in [2.75, 3.05) is 0 Å². The fourth-order valence-electron chi connectivity index (χ4n) is 3.21. The van der Waals surface area contributed by atoms with Crippen molar-refractivity contribution in [3.8, 4) is 16.9 Å². The summed E-state index contributed by atoms with van der Waals surface area (Å²) >= 11 is 7.63. The van der Waals surface area contributed by atoms with E-state index in [9.17, 15) is 4.79 Å². The molecular formula is C22H20ClN5OS. The molecular weight excluding hydrogens is 418 g/mol. The Bertz CT molecular complexity index is 1170. The second kappa shape index (κ2) is 8.77. The lowest BCUT2D eigenvalue weighted by Crippen LogP contribution is -2.27. The Labute approximate surface area is 183 Å². The van der Waals surface area contributed by atoms with Crippen LogP contribution in [0.2, 0.25) is 5.02 Å². The number of nitrogens with zero attached hydrogens (tertiary/aromatic N) is 4. The van der Waals surface area contributed by atoms with Gasteiger partial charge in [-0.2, -0.15) is 5.10 Å². The molecule has 1 amide bonds. The van der Waals surface area contributed by atoms with E-state index in [1.807, 2.05) is 55.6 Å². The van der Waals surface area contributed by atoms with Crippen molar-refractivity contribution in [1.82, 2.24) is 25.1 Å². The molecule has 8 heteroatoms. The van der Waals surface area contributed by atoms with Crippen LogP contribution in [0.15, 0.2) is 60.4 Å². The van der Waals surface area contributed by atoms with E-state index in [4.69, 9.17) is 11.6 Å². The molecule has 30 heavy (non-hydrogen) atoms. The van der Waals surface area contributed by atoms with Gasteiger partial charge in [-0.1, -0.05) is 24.6 Å². The monoisotopic (exact) mass is 437 g/mol.